The van der Waals surface area contributed by atoms with Gasteiger partial charge in [0.1, 0.15) is 12.4 Å². The Balaban J connectivity index is 2.43. The van der Waals surface area contributed by atoms with Crippen molar-refractivity contribution in [2.24, 2.45) is 0 Å². The Morgan fingerprint density at radius 2 is 2.22 bits per heavy atom. The summed E-state index contributed by atoms with van der Waals surface area (Å²) in [4.78, 5) is 32.3. The van der Waals surface area contributed by atoms with Crippen LogP contribution in [0, 0.1) is 10.1 Å². The molecule has 0 atom stereocenters. The van der Waals surface area contributed by atoms with Crippen LogP contribution in [0.5, 0.6) is 5.75 Å². The number of hydrogen-bond acceptors (Lipinski definition) is 5. The number of nitrogens with zero attached hydrogens (tertiary/aromatic N) is 1. The number of carboxylic acid groups (broad SMARTS) is 1. The Hall–Kier alpha value is -2.70. The second-order valence-electron chi connectivity index (χ2n) is 3.56. The summed E-state index contributed by atoms with van der Waals surface area (Å²) in [6.07, 6.45) is 0.771. The van der Waals surface area contributed by atoms with Gasteiger partial charge in [-0.25, -0.2) is 4.79 Å². The number of carbonyl (C=O) groups is 2. The van der Waals surface area contributed by atoms with Crippen molar-refractivity contribution in [2.45, 2.75) is 0 Å². The number of aliphatic carboxylic acids is 1. The van der Waals surface area contributed by atoms with E-state index in [0.717, 1.165) is 12.1 Å². The standard InChI is InChI=1S/C11H7NO6/c13-10(14)3-6-5-18-9-4-7(12(16)17)1-2-8(9)11(6)15/h1-4H,5H2,(H,13,14). The van der Waals surface area contributed by atoms with Gasteiger partial charge in [-0.1, -0.05) is 0 Å². The lowest BCUT2D eigenvalue weighted by Gasteiger charge is -2.17. The van der Waals surface area contributed by atoms with Crippen molar-refractivity contribution in [1.82, 2.24) is 0 Å². The smallest absolute Gasteiger partial charge is 0.328 e. The zero-order chi connectivity index (χ0) is 13.3. The molecule has 7 nitrogen and oxygen atoms in total. The third-order valence-corrected chi connectivity index (χ3v) is 2.39. The lowest BCUT2D eigenvalue weighted by molar-refractivity contribution is -0.384. The molecule has 0 amide bonds. The van der Waals surface area contributed by atoms with E-state index in [-0.39, 0.29) is 29.2 Å². The second-order valence-corrected chi connectivity index (χ2v) is 3.56. The molecule has 1 aromatic rings. The molecule has 0 spiro atoms. The normalized spacial score (nSPS) is 16.0. The van der Waals surface area contributed by atoms with Crippen molar-refractivity contribution in [3.05, 3.63) is 45.5 Å². The van der Waals surface area contributed by atoms with Crippen LogP contribution in [-0.4, -0.2) is 28.4 Å². The molecule has 0 radical (unpaired) electrons. The van der Waals surface area contributed by atoms with Gasteiger partial charge in [0.2, 0.25) is 0 Å². The molecule has 92 valence electrons. The molecule has 0 unspecified atom stereocenters. The van der Waals surface area contributed by atoms with Crippen molar-refractivity contribution in [2.75, 3.05) is 6.61 Å². The maximum atomic E-state index is 11.9. The van der Waals surface area contributed by atoms with E-state index in [4.69, 9.17) is 9.84 Å². The maximum absolute atomic E-state index is 11.9. The van der Waals surface area contributed by atoms with Gasteiger partial charge >= 0.3 is 5.97 Å². The van der Waals surface area contributed by atoms with Gasteiger partial charge in [-0.15, -0.1) is 0 Å². The van der Waals surface area contributed by atoms with Crippen LogP contribution in [-0.2, 0) is 4.79 Å². The molecule has 1 aliphatic rings. The summed E-state index contributed by atoms with van der Waals surface area (Å²) >= 11 is 0. The molecular weight excluding hydrogens is 242 g/mol. The summed E-state index contributed by atoms with van der Waals surface area (Å²) in [6, 6.07) is 3.57. The first-order valence-corrected chi connectivity index (χ1v) is 4.88. The highest BCUT2D eigenvalue weighted by atomic mass is 16.6. The summed E-state index contributed by atoms with van der Waals surface area (Å²) in [5.41, 5.74) is -0.0598. The average Bonchev–Trinajstić information content (AvgIpc) is 2.32. The number of ketones is 1. The third kappa shape index (κ3) is 2.05. The molecule has 18 heavy (non-hydrogen) atoms. The number of ether oxygens (including phenoxy) is 1. The zero-order valence-electron chi connectivity index (χ0n) is 8.95. The lowest BCUT2D eigenvalue weighted by atomic mass is 10.00. The average molecular weight is 249 g/mol. The second kappa shape index (κ2) is 4.28. The first-order chi connectivity index (χ1) is 8.49. The van der Waals surface area contributed by atoms with E-state index in [0.29, 0.717) is 0 Å². The van der Waals surface area contributed by atoms with Gasteiger partial charge in [0.05, 0.1) is 16.6 Å². The van der Waals surface area contributed by atoms with Crippen LogP contribution in [0.4, 0.5) is 5.69 Å². The number of rotatable bonds is 2. The molecule has 1 aliphatic heterocycles. The van der Waals surface area contributed by atoms with E-state index in [1.54, 1.807) is 0 Å². The van der Waals surface area contributed by atoms with E-state index >= 15 is 0 Å². The Morgan fingerprint density at radius 1 is 1.50 bits per heavy atom. The predicted octanol–water partition coefficient (Wildman–Crippen LogP) is 1.18. The topological polar surface area (TPSA) is 107 Å². The van der Waals surface area contributed by atoms with Crippen molar-refractivity contribution >= 4 is 17.4 Å². The van der Waals surface area contributed by atoms with Crippen LogP contribution in [0.1, 0.15) is 10.4 Å². The van der Waals surface area contributed by atoms with Crippen molar-refractivity contribution in [1.29, 1.82) is 0 Å². The highest BCUT2D eigenvalue weighted by molar-refractivity contribution is 6.13. The van der Waals surface area contributed by atoms with Gasteiger partial charge in [0.15, 0.2) is 5.78 Å². The fraction of sp³-hybridized carbons (Fsp3) is 0.0909. The predicted molar refractivity (Wildman–Crippen MR) is 58.6 cm³/mol. The highest BCUT2D eigenvalue weighted by Crippen LogP contribution is 2.30. The SMILES string of the molecule is O=C(O)C=C1COc2cc([N+](=O)[O-])ccc2C1=O. The van der Waals surface area contributed by atoms with E-state index in [1.165, 1.54) is 12.1 Å². The number of fused-ring (bicyclic) bond motifs is 1. The molecule has 0 fully saturated rings. The number of nitro benzene ring substituents is 1. The van der Waals surface area contributed by atoms with E-state index in [2.05, 4.69) is 0 Å². The lowest BCUT2D eigenvalue weighted by Crippen LogP contribution is -2.20. The minimum Gasteiger partial charge on any atom is -0.488 e. The minimum absolute atomic E-state index is 0.00357. The van der Waals surface area contributed by atoms with Gasteiger partial charge in [0, 0.05) is 17.7 Å². The van der Waals surface area contributed by atoms with Crippen LogP contribution in [0.25, 0.3) is 0 Å². The first kappa shape index (κ1) is 11.8. The van der Waals surface area contributed by atoms with Crippen LogP contribution >= 0.6 is 0 Å². The van der Waals surface area contributed by atoms with E-state index in [9.17, 15) is 19.7 Å². The fourth-order valence-electron chi connectivity index (χ4n) is 1.58. The van der Waals surface area contributed by atoms with Gasteiger partial charge in [-0.3, -0.25) is 14.9 Å². The Morgan fingerprint density at radius 3 is 2.83 bits per heavy atom. The summed E-state index contributed by atoms with van der Waals surface area (Å²) in [5, 5.41) is 19.1. The number of Topliss-reactive ketones (excluding diaryl/α,β-unsaturated/α-hetero) is 1. The molecule has 1 aromatic carbocycles. The number of carboxylic acids is 1. The van der Waals surface area contributed by atoms with Crippen LogP contribution in [0.15, 0.2) is 29.8 Å². The molecule has 0 bridgehead atoms. The summed E-state index contributed by atoms with van der Waals surface area (Å²) in [7, 11) is 0. The number of nitro groups is 1. The fourth-order valence-corrected chi connectivity index (χ4v) is 1.58. The van der Waals surface area contributed by atoms with Gasteiger partial charge < -0.3 is 9.84 Å². The number of non-ortho nitro benzene ring substituents is 1. The van der Waals surface area contributed by atoms with Gasteiger partial charge in [0.25, 0.3) is 5.69 Å². The molecular formula is C11H7NO6. The van der Waals surface area contributed by atoms with E-state index < -0.39 is 16.7 Å². The largest absolute Gasteiger partial charge is 0.488 e. The number of hydrogen-bond donors (Lipinski definition) is 1. The van der Waals surface area contributed by atoms with Gasteiger partial charge in [-0.2, -0.15) is 0 Å². The molecule has 1 N–H and O–H groups in total. The zero-order valence-corrected chi connectivity index (χ0v) is 8.95. The Bertz CT molecular complexity index is 589. The van der Waals surface area contributed by atoms with Crippen LogP contribution in [0.3, 0.4) is 0 Å². The van der Waals surface area contributed by atoms with Crippen LogP contribution < -0.4 is 4.74 Å². The summed E-state index contributed by atoms with van der Waals surface area (Å²) in [6.45, 7) is -0.209. The third-order valence-electron chi connectivity index (χ3n) is 2.39. The summed E-state index contributed by atoms with van der Waals surface area (Å²) < 4.78 is 5.14. The molecule has 0 aromatic heterocycles. The number of benzene rings is 1. The molecule has 0 aliphatic carbocycles. The van der Waals surface area contributed by atoms with Crippen molar-refractivity contribution in [3.8, 4) is 5.75 Å². The summed E-state index contributed by atoms with van der Waals surface area (Å²) in [5.74, 6) is -1.64. The van der Waals surface area contributed by atoms with Crippen molar-refractivity contribution < 1.29 is 24.4 Å². The minimum atomic E-state index is -1.24. The highest BCUT2D eigenvalue weighted by Gasteiger charge is 2.25. The quantitative estimate of drug-likeness (QED) is 0.479. The van der Waals surface area contributed by atoms with E-state index in [1.807, 2.05) is 0 Å². The van der Waals surface area contributed by atoms with Crippen LogP contribution in [0.2, 0.25) is 0 Å². The molecule has 2 rings (SSSR count). The molecule has 0 saturated heterocycles. The Kier molecular flexibility index (Phi) is 2.80. The first-order valence-electron chi connectivity index (χ1n) is 4.88. The Labute approximate surface area is 100 Å². The van der Waals surface area contributed by atoms with Gasteiger partial charge in [-0.05, 0) is 6.07 Å². The van der Waals surface area contributed by atoms with Crippen molar-refractivity contribution in [3.63, 3.8) is 0 Å². The maximum Gasteiger partial charge on any atom is 0.328 e. The molecule has 7 heteroatoms. The molecule has 0 saturated carbocycles. The molecule has 1 heterocycles. The monoisotopic (exact) mass is 249 g/mol. The number of carbonyl (C=O) groups excluding carboxylic acids is 1.